The number of nitrogens with one attached hydrogen (secondary N) is 1. The van der Waals surface area contributed by atoms with Gasteiger partial charge in [-0.3, -0.25) is 9.10 Å². The van der Waals surface area contributed by atoms with E-state index in [1.165, 1.54) is 28.6 Å². The van der Waals surface area contributed by atoms with Crippen LogP contribution in [-0.4, -0.2) is 52.4 Å². The van der Waals surface area contributed by atoms with E-state index in [1.807, 2.05) is 0 Å². The van der Waals surface area contributed by atoms with E-state index >= 15 is 0 Å². The maximum atomic E-state index is 13.1. The Balaban J connectivity index is 1.79. The van der Waals surface area contributed by atoms with Crippen LogP contribution in [-0.2, 0) is 24.8 Å². The molecule has 1 amide bonds. The number of nitrogens with zero attached hydrogens (tertiary/aromatic N) is 2. The van der Waals surface area contributed by atoms with Gasteiger partial charge < -0.3 is 5.32 Å². The topological polar surface area (TPSA) is 104 Å². The lowest BCUT2D eigenvalue weighted by Crippen LogP contribution is -2.47. The van der Waals surface area contributed by atoms with Gasteiger partial charge in [0.1, 0.15) is 6.04 Å². The Kier molecular flexibility index (Phi) is 8.62. The zero-order chi connectivity index (χ0) is 24.9. The maximum absolute atomic E-state index is 13.1. The second kappa shape index (κ2) is 11.1. The van der Waals surface area contributed by atoms with Crippen molar-refractivity contribution < 1.29 is 21.6 Å². The fourth-order valence-corrected chi connectivity index (χ4v) is 6.87. The van der Waals surface area contributed by atoms with Crippen LogP contribution in [0.25, 0.3) is 0 Å². The molecule has 0 saturated carbocycles. The van der Waals surface area contributed by atoms with E-state index in [-0.39, 0.29) is 11.3 Å². The first-order valence-corrected chi connectivity index (χ1v) is 14.9. The number of anilines is 2. The summed E-state index contributed by atoms with van der Waals surface area (Å²) in [6.45, 7) is 2.73. The Morgan fingerprint density at radius 1 is 0.971 bits per heavy atom. The van der Waals surface area contributed by atoms with Crippen LogP contribution in [0.1, 0.15) is 39.0 Å². The maximum Gasteiger partial charge on any atom is 0.248 e. The zero-order valence-electron chi connectivity index (χ0n) is 19.3. The molecule has 3 rings (SSSR count). The zero-order valence-corrected chi connectivity index (χ0v) is 21.7. The van der Waals surface area contributed by atoms with E-state index < -0.39 is 32.0 Å². The summed E-state index contributed by atoms with van der Waals surface area (Å²) in [4.78, 5) is 13.2. The highest BCUT2D eigenvalue weighted by molar-refractivity contribution is 7.92. The highest BCUT2D eigenvalue weighted by atomic mass is 35.5. The summed E-state index contributed by atoms with van der Waals surface area (Å²) in [5, 5.41) is 3.16. The lowest BCUT2D eigenvalue weighted by atomic mass is 10.2. The van der Waals surface area contributed by atoms with Gasteiger partial charge in [-0.05, 0) is 67.8 Å². The Labute approximate surface area is 207 Å². The summed E-state index contributed by atoms with van der Waals surface area (Å²) in [5.41, 5.74) is 0.704. The summed E-state index contributed by atoms with van der Waals surface area (Å²) in [7, 11) is -7.38. The Bertz CT molecular complexity index is 1190. The average Bonchev–Trinajstić information content (AvgIpc) is 3.08. The van der Waals surface area contributed by atoms with Gasteiger partial charge in [0.2, 0.25) is 26.0 Å². The number of carbonyl (C=O) groups excluding carboxylic acids is 1. The van der Waals surface area contributed by atoms with Gasteiger partial charge in [-0.25, -0.2) is 16.8 Å². The van der Waals surface area contributed by atoms with Crippen LogP contribution in [0, 0.1) is 0 Å². The molecule has 186 valence electrons. The molecule has 1 atom stereocenters. The van der Waals surface area contributed by atoms with Crippen LogP contribution in [0.3, 0.4) is 0 Å². The number of sulfonamides is 2. The second-order valence-corrected chi connectivity index (χ2v) is 12.5. The van der Waals surface area contributed by atoms with Gasteiger partial charge in [-0.2, -0.15) is 4.31 Å². The molecule has 34 heavy (non-hydrogen) atoms. The third-order valence-corrected chi connectivity index (χ3v) is 9.08. The molecule has 0 aromatic heterocycles. The average molecular weight is 528 g/mol. The summed E-state index contributed by atoms with van der Waals surface area (Å²) < 4.78 is 53.6. The number of halogens is 1. The van der Waals surface area contributed by atoms with Gasteiger partial charge in [0.15, 0.2) is 0 Å². The number of amides is 1. The van der Waals surface area contributed by atoms with Crippen LogP contribution < -0.4 is 9.62 Å². The molecule has 0 unspecified atom stereocenters. The van der Waals surface area contributed by atoms with Gasteiger partial charge >= 0.3 is 0 Å². The molecule has 8 nitrogen and oxygen atoms in total. The third kappa shape index (κ3) is 6.29. The smallest absolute Gasteiger partial charge is 0.248 e. The quantitative estimate of drug-likeness (QED) is 0.557. The van der Waals surface area contributed by atoms with Crippen molar-refractivity contribution in [3.8, 4) is 0 Å². The molecule has 0 radical (unpaired) electrons. The number of carbonyl (C=O) groups is 1. The highest BCUT2D eigenvalue weighted by Gasteiger charge is 2.32. The summed E-state index contributed by atoms with van der Waals surface area (Å²) in [6, 6.07) is 11.2. The van der Waals surface area contributed by atoms with Crippen molar-refractivity contribution in [3.05, 3.63) is 53.6 Å². The lowest BCUT2D eigenvalue weighted by molar-refractivity contribution is -0.117. The number of rotatable bonds is 8. The third-order valence-electron chi connectivity index (χ3n) is 5.74. The molecule has 1 saturated heterocycles. The second-order valence-electron chi connectivity index (χ2n) is 8.29. The van der Waals surface area contributed by atoms with Crippen molar-refractivity contribution in [1.29, 1.82) is 0 Å². The van der Waals surface area contributed by atoms with E-state index in [0.29, 0.717) is 29.5 Å². The molecular formula is C23H30ClN3O5S2. The van der Waals surface area contributed by atoms with Gasteiger partial charge in [-0.1, -0.05) is 31.4 Å². The minimum absolute atomic E-state index is 0.165. The summed E-state index contributed by atoms with van der Waals surface area (Å²) in [6.07, 6.45) is 5.00. The fourth-order valence-electron chi connectivity index (χ4n) is 4.02. The fraction of sp³-hybridized carbons (Fsp3) is 0.435. The molecule has 1 N–H and O–H groups in total. The van der Waals surface area contributed by atoms with Gasteiger partial charge in [0.05, 0.1) is 16.8 Å². The first kappa shape index (κ1) is 26.5. The van der Waals surface area contributed by atoms with E-state index in [1.54, 1.807) is 31.2 Å². The predicted molar refractivity (Wildman–Crippen MR) is 135 cm³/mol. The summed E-state index contributed by atoms with van der Waals surface area (Å²) in [5.74, 6) is -0.522. The SMILES string of the molecule is CC[C@H](C(=O)Nc1ccc(S(=O)(=O)N2CCCCCC2)cc1)N(c1ccc(Cl)cc1)S(C)(=O)=O. The monoisotopic (exact) mass is 527 g/mol. The van der Waals surface area contributed by atoms with E-state index in [9.17, 15) is 21.6 Å². The Hall–Kier alpha value is -2.14. The van der Waals surface area contributed by atoms with E-state index in [2.05, 4.69) is 5.32 Å². The van der Waals surface area contributed by atoms with Crippen LogP contribution >= 0.6 is 11.6 Å². The molecule has 1 aliphatic heterocycles. The van der Waals surface area contributed by atoms with Crippen molar-refractivity contribution in [2.75, 3.05) is 29.0 Å². The molecular weight excluding hydrogens is 498 g/mol. The first-order chi connectivity index (χ1) is 16.0. The molecule has 2 aromatic rings. The molecule has 1 aliphatic rings. The Morgan fingerprint density at radius 2 is 1.53 bits per heavy atom. The van der Waals surface area contributed by atoms with Crippen LogP contribution in [0.15, 0.2) is 53.4 Å². The van der Waals surface area contributed by atoms with Gasteiger partial charge in [0.25, 0.3) is 0 Å². The van der Waals surface area contributed by atoms with Crippen molar-refractivity contribution in [2.45, 2.75) is 50.0 Å². The largest absolute Gasteiger partial charge is 0.324 e. The minimum atomic E-state index is -3.78. The molecule has 0 aliphatic carbocycles. The number of hydrogen-bond donors (Lipinski definition) is 1. The van der Waals surface area contributed by atoms with Crippen LogP contribution in [0.2, 0.25) is 5.02 Å². The predicted octanol–water partition coefficient (Wildman–Crippen LogP) is 4.09. The lowest BCUT2D eigenvalue weighted by Gasteiger charge is -2.30. The van der Waals surface area contributed by atoms with Crippen LogP contribution in [0.4, 0.5) is 11.4 Å². The molecule has 2 aromatic carbocycles. The Morgan fingerprint density at radius 3 is 2.03 bits per heavy atom. The van der Waals surface area contributed by atoms with E-state index in [4.69, 9.17) is 11.6 Å². The standard InChI is InChI=1S/C23H30ClN3O5S2/c1-3-22(27(33(2,29)30)20-12-8-18(24)9-13-20)23(28)25-19-10-14-21(15-11-19)34(31,32)26-16-6-4-5-7-17-26/h8-15,22H,3-7,16-17H2,1-2H3,(H,25,28)/t22-/m1/s1. The van der Waals surface area contributed by atoms with Crippen molar-refractivity contribution in [3.63, 3.8) is 0 Å². The molecule has 0 spiro atoms. The number of benzene rings is 2. The summed E-state index contributed by atoms with van der Waals surface area (Å²) >= 11 is 5.92. The van der Waals surface area contributed by atoms with Crippen molar-refractivity contribution in [2.24, 2.45) is 0 Å². The molecule has 1 fully saturated rings. The molecule has 1 heterocycles. The van der Waals surface area contributed by atoms with Gasteiger partial charge in [-0.15, -0.1) is 0 Å². The van der Waals surface area contributed by atoms with Crippen molar-refractivity contribution >= 4 is 48.9 Å². The van der Waals surface area contributed by atoms with Crippen LogP contribution in [0.5, 0.6) is 0 Å². The normalized spacial score (nSPS) is 16.4. The first-order valence-electron chi connectivity index (χ1n) is 11.2. The number of hydrogen-bond acceptors (Lipinski definition) is 5. The minimum Gasteiger partial charge on any atom is -0.324 e. The van der Waals surface area contributed by atoms with E-state index in [0.717, 1.165) is 36.2 Å². The van der Waals surface area contributed by atoms with Crippen molar-refractivity contribution in [1.82, 2.24) is 4.31 Å². The molecule has 0 bridgehead atoms. The molecule has 11 heteroatoms. The highest BCUT2D eigenvalue weighted by Crippen LogP contribution is 2.26. The van der Waals surface area contributed by atoms with Gasteiger partial charge in [0, 0.05) is 23.8 Å².